The van der Waals surface area contributed by atoms with E-state index >= 15 is 0 Å². The molecular weight excluding hydrogens is 273 g/mol. The lowest BCUT2D eigenvalue weighted by Crippen LogP contribution is -2.17. The molecule has 1 N–H and O–H groups in total. The number of nitrogens with zero attached hydrogens (tertiary/aromatic N) is 2. The molecule has 0 saturated heterocycles. The van der Waals surface area contributed by atoms with E-state index in [2.05, 4.69) is 12.2 Å². The van der Waals surface area contributed by atoms with Crippen LogP contribution in [0.2, 0.25) is 0 Å². The second kappa shape index (κ2) is 6.99. The number of rotatable bonds is 7. The first-order chi connectivity index (χ1) is 10.1. The monoisotopic (exact) mass is 291 g/mol. The molecule has 1 aromatic heterocycles. The molecule has 0 bridgehead atoms. The molecule has 1 aromatic carbocycles. The Kier molecular flexibility index (Phi) is 5.05. The Hall–Kier alpha value is -2.21. The van der Waals surface area contributed by atoms with E-state index in [0.29, 0.717) is 12.1 Å². The van der Waals surface area contributed by atoms with Gasteiger partial charge in [-0.25, -0.2) is 4.39 Å². The van der Waals surface area contributed by atoms with Crippen LogP contribution in [-0.4, -0.2) is 16.0 Å². The molecule has 0 aliphatic carbocycles. The number of nitrogens with one attached hydrogen (secondary N) is 1. The second-order valence-corrected chi connectivity index (χ2v) is 4.88. The van der Waals surface area contributed by atoms with Crippen molar-refractivity contribution in [2.24, 2.45) is 0 Å². The van der Waals surface area contributed by atoms with Crippen molar-refractivity contribution < 1.29 is 9.31 Å². The predicted octanol–water partition coefficient (Wildman–Crippen LogP) is 3.08. The van der Waals surface area contributed by atoms with Crippen LogP contribution in [0.25, 0.3) is 0 Å². The molecule has 2 rings (SSSR count). The molecule has 0 amide bonds. The number of benzene rings is 1. The van der Waals surface area contributed by atoms with Crippen molar-refractivity contribution in [3.8, 4) is 0 Å². The van der Waals surface area contributed by atoms with Gasteiger partial charge in [0.1, 0.15) is 5.82 Å². The molecule has 2 aromatic rings. The Labute approximate surface area is 122 Å². The van der Waals surface area contributed by atoms with Gasteiger partial charge in [0.25, 0.3) is 5.69 Å². The van der Waals surface area contributed by atoms with Crippen LogP contribution >= 0.6 is 0 Å². The van der Waals surface area contributed by atoms with Crippen molar-refractivity contribution in [1.29, 1.82) is 0 Å². The summed E-state index contributed by atoms with van der Waals surface area (Å²) in [6.45, 7) is 4.15. The summed E-state index contributed by atoms with van der Waals surface area (Å²) in [6, 6.07) is 7.57. The van der Waals surface area contributed by atoms with Gasteiger partial charge in [-0.1, -0.05) is 6.92 Å². The van der Waals surface area contributed by atoms with Crippen molar-refractivity contribution in [2.75, 3.05) is 6.54 Å². The van der Waals surface area contributed by atoms with Gasteiger partial charge in [0.05, 0.1) is 11.0 Å². The maximum absolute atomic E-state index is 13.4. The molecule has 0 saturated carbocycles. The molecule has 5 nitrogen and oxygen atoms in total. The summed E-state index contributed by atoms with van der Waals surface area (Å²) in [7, 11) is 0. The summed E-state index contributed by atoms with van der Waals surface area (Å²) in [5.41, 5.74) is 1.42. The summed E-state index contributed by atoms with van der Waals surface area (Å²) in [5.74, 6) is -0.586. The lowest BCUT2D eigenvalue weighted by atomic mass is 10.2. The molecule has 21 heavy (non-hydrogen) atoms. The van der Waals surface area contributed by atoms with E-state index in [9.17, 15) is 14.5 Å². The molecule has 0 aliphatic heterocycles. The zero-order chi connectivity index (χ0) is 15.2. The van der Waals surface area contributed by atoms with Crippen molar-refractivity contribution >= 4 is 5.69 Å². The van der Waals surface area contributed by atoms with Crippen LogP contribution < -0.4 is 5.32 Å². The standard InChI is InChI=1S/C15H18FN3O2/c1-2-5-17-10-14-4-3-6-18(14)11-12-7-13(16)9-15(8-12)19(20)21/h3-4,6-9,17H,2,5,10-11H2,1H3. The van der Waals surface area contributed by atoms with Crippen LogP contribution in [0.1, 0.15) is 24.6 Å². The van der Waals surface area contributed by atoms with E-state index in [1.807, 2.05) is 22.9 Å². The summed E-state index contributed by atoms with van der Waals surface area (Å²) >= 11 is 0. The van der Waals surface area contributed by atoms with Crippen LogP contribution in [0.5, 0.6) is 0 Å². The second-order valence-electron chi connectivity index (χ2n) is 4.88. The fraction of sp³-hybridized carbons (Fsp3) is 0.333. The lowest BCUT2D eigenvalue weighted by molar-refractivity contribution is -0.385. The number of nitro benzene ring substituents is 1. The lowest BCUT2D eigenvalue weighted by Gasteiger charge is -2.10. The average Bonchev–Trinajstić information content (AvgIpc) is 2.86. The number of nitro groups is 1. The number of hydrogen-bond acceptors (Lipinski definition) is 3. The summed E-state index contributed by atoms with van der Waals surface area (Å²) < 4.78 is 15.4. The highest BCUT2D eigenvalue weighted by Crippen LogP contribution is 2.18. The third-order valence-corrected chi connectivity index (χ3v) is 3.16. The van der Waals surface area contributed by atoms with Crippen molar-refractivity contribution in [3.63, 3.8) is 0 Å². The maximum Gasteiger partial charge on any atom is 0.272 e. The zero-order valence-corrected chi connectivity index (χ0v) is 11.9. The molecule has 0 spiro atoms. The molecule has 0 aliphatic rings. The van der Waals surface area contributed by atoms with Gasteiger partial charge in [-0.05, 0) is 36.7 Å². The smallest absolute Gasteiger partial charge is 0.272 e. The Bertz CT molecular complexity index is 625. The Morgan fingerprint density at radius 2 is 2.19 bits per heavy atom. The van der Waals surface area contributed by atoms with Crippen molar-refractivity contribution in [3.05, 3.63) is 63.7 Å². The van der Waals surface area contributed by atoms with Crippen molar-refractivity contribution in [1.82, 2.24) is 9.88 Å². The van der Waals surface area contributed by atoms with Gasteiger partial charge in [-0.15, -0.1) is 0 Å². The minimum atomic E-state index is -0.586. The van der Waals surface area contributed by atoms with Gasteiger partial charge in [0.2, 0.25) is 0 Å². The predicted molar refractivity (Wildman–Crippen MR) is 78.6 cm³/mol. The van der Waals surface area contributed by atoms with Crippen LogP contribution in [0, 0.1) is 15.9 Å². The quantitative estimate of drug-likeness (QED) is 0.484. The van der Waals surface area contributed by atoms with E-state index in [-0.39, 0.29) is 5.69 Å². The van der Waals surface area contributed by atoms with E-state index in [1.54, 1.807) is 0 Å². The van der Waals surface area contributed by atoms with Gasteiger partial charge in [0, 0.05) is 31.0 Å². The third-order valence-electron chi connectivity index (χ3n) is 3.16. The molecule has 1 heterocycles. The first-order valence-electron chi connectivity index (χ1n) is 6.88. The van der Waals surface area contributed by atoms with E-state index in [0.717, 1.165) is 31.3 Å². The number of aromatic nitrogens is 1. The average molecular weight is 291 g/mol. The molecule has 0 atom stereocenters. The molecular formula is C15H18FN3O2. The first-order valence-corrected chi connectivity index (χ1v) is 6.88. The van der Waals surface area contributed by atoms with Gasteiger partial charge < -0.3 is 9.88 Å². The summed E-state index contributed by atoms with van der Waals surface area (Å²) in [6.07, 6.45) is 2.94. The fourth-order valence-electron chi connectivity index (χ4n) is 2.18. The largest absolute Gasteiger partial charge is 0.346 e. The van der Waals surface area contributed by atoms with E-state index in [4.69, 9.17) is 0 Å². The highest BCUT2D eigenvalue weighted by atomic mass is 19.1. The Balaban J connectivity index is 2.15. The van der Waals surface area contributed by atoms with Gasteiger partial charge in [-0.3, -0.25) is 10.1 Å². The van der Waals surface area contributed by atoms with Crippen LogP contribution in [-0.2, 0) is 13.1 Å². The minimum absolute atomic E-state index is 0.220. The summed E-state index contributed by atoms with van der Waals surface area (Å²) in [5, 5.41) is 14.1. The maximum atomic E-state index is 13.4. The summed E-state index contributed by atoms with van der Waals surface area (Å²) in [4.78, 5) is 10.2. The zero-order valence-electron chi connectivity index (χ0n) is 11.9. The van der Waals surface area contributed by atoms with Crippen molar-refractivity contribution in [2.45, 2.75) is 26.4 Å². The third kappa shape index (κ3) is 4.13. The molecule has 0 unspecified atom stereocenters. The molecule has 112 valence electrons. The topological polar surface area (TPSA) is 60.1 Å². The number of hydrogen-bond donors (Lipinski definition) is 1. The normalized spacial score (nSPS) is 10.8. The molecule has 6 heteroatoms. The van der Waals surface area contributed by atoms with Crippen LogP contribution in [0.4, 0.5) is 10.1 Å². The molecule has 0 radical (unpaired) electrons. The van der Waals surface area contributed by atoms with Gasteiger partial charge >= 0.3 is 0 Å². The van der Waals surface area contributed by atoms with E-state index < -0.39 is 10.7 Å². The van der Waals surface area contributed by atoms with E-state index in [1.165, 1.54) is 12.1 Å². The SMILES string of the molecule is CCCNCc1cccn1Cc1cc(F)cc([N+](=O)[O-])c1. The highest BCUT2D eigenvalue weighted by molar-refractivity contribution is 5.35. The van der Waals surface area contributed by atoms with Crippen LogP contribution in [0.15, 0.2) is 36.5 Å². The van der Waals surface area contributed by atoms with Gasteiger partial charge in [-0.2, -0.15) is 0 Å². The Morgan fingerprint density at radius 1 is 1.38 bits per heavy atom. The van der Waals surface area contributed by atoms with Gasteiger partial charge in [0.15, 0.2) is 0 Å². The number of halogens is 1. The Morgan fingerprint density at radius 3 is 2.90 bits per heavy atom. The highest BCUT2D eigenvalue weighted by Gasteiger charge is 2.11. The number of non-ortho nitro benzene ring substituents is 1. The minimum Gasteiger partial charge on any atom is -0.346 e. The molecule has 0 fully saturated rings. The first kappa shape index (κ1) is 15.2. The fourth-order valence-corrected chi connectivity index (χ4v) is 2.18. The van der Waals surface area contributed by atoms with Crippen LogP contribution in [0.3, 0.4) is 0 Å².